The number of thiocarbonyl (C=S) groups is 1. The largest absolute Gasteiger partial charge is 0.465 e. The van der Waals surface area contributed by atoms with Crippen LogP contribution in [0.3, 0.4) is 0 Å². The van der Waals surface area contributed by atoms with E-state index in [4.69, 9.17) is 40.2 Å². The van der Waals surface area contributed by atoms with Crippen molar-refractivity contribution in [3.63, 3.8) is 0 Å². The molecule has 3 N–H and O–H groups in total. The topological polar surface area (TPSA) is 96.5 Å². The van der Waals surface area contributed by atoms with Gasteiger partial charge in [0.05, 0.1) is 17.0 Å². The van der Waals surface area contributed by atoms with Crippen molar-refractivity contribution in [1.82, 2.24) is 0 Å². The van der Waals surface area contributed by atoms with Gasteiger partial charge >= 0.3 is 5.97 Å². The second-order valence-electron chi connectivity index (χ2n) is 7.16. The number of ether oxygens (including phenoxy) is 1. The van der Waals surface area contributed by atoms with Gasteiger partial charge in [0.2, 0.25) is 0 Å². The lowest BCUT2D eigenvalue weighted by Crippen LogP contribution is -2.19. The number of thiophene rings is 1. The molecule has 12 heteroatoms. The molecule has 1 aromatic heterocycles. The van der Waals surface area contributed by atoms with E-state index >= 15 is 0 Å². The molecule has 0 aliphatic heterocycles. The van der Waals surface area contributed by atoms with Crippen molar-refractivity contribution in [2.24, 2.45) is 0 Å². The SMILES string of the molecule is COC(=O)c1sc2cc(NC(=S)Nc3ccc(S(=O)(=O)Nc4ccc(Cl)cc4)cc3)ccc2c1Cl. The number of benzene rings is 3. The molecule has 180 valence electrons. The Balaban J connectivity index is 1.42. The van der Waals surface area contributed by atoms with E-state index < -0.39 is 16.0 Å². The second-order valence-corrected chi connectivity index (χ2v) is 11.1. The Kier molecular flexibility index (Phi) is 7.48. The van der Waals surface area contributed by atoms with E-state index in [1.807, 2.05) is 6.07 Å². The molecule has 4 rings (SSSR count). The Hall–Kier alpha value is -2.89. The van der Waals surface area contributed by atoms with Crippen LogP contribution in [0.25, 0.3) is 10.1 Å². The summed E-state index contributed by atoms with van der Waals surface area (Å²) in [6.45, 7) is 0. The number of carbonyl (C=O) groups is 1. The van der Waals surface area contributed by atoms with Crippen LogP contribution in [-0.4, -0.2) is 26.6 Å². The second kappa shape index (κ2) is 10.4. The van der Waals surface area contributed by atoms with Gasteiger partial charge in [-0.2, -0.15) is 0 Å². The predicted octanol–water partition coefficient (Wildman–Crippen LogP) is 6.60. The summed E-state index contributed by atoms with van der Waals surface area (Å²) in [6, 6.07) is 17.9. The molecule has 3 aromatic carbocycles. The monoisotopic (exact) mass is 565 g/mol. The van der Waals surface area contributed by atoms with Crippen LogP contribution in [0.5, 0.6) is 0 Å². The summed E-state index contributed by atoms with van der Waals surface area (Å²) in [5.74, 6) is -0.489. The first-order chi connectivity index (χ1) is 16.7. The smallest absolute Gasteiger partial charge is 0.349 e. The number of fused-ring (bicyclic) bond motifs is 1. The number of hydrogen-bond donors (Lipinski definition) is 3. The fourth-order valence-electron chi connectivity index (χ4n) is 3.11. The zero-order chi connectivity index (χ0) is 25.2. The van der Waals surface area contributed by atoms with Crippen LogP contribution in [0.15, 0.2) is 71.6 Å². The third-order valence-electron chi connectivity index (χ3n) is 4.78. The molecule has 0 unspecified atom stereocenters. The van der Waals surface area contributed by atoms with Gasteiger partial charge in [0.15, 0.2) is 5.11 Å². The maximum atomic E-state index is 12.6. The standard InChI is InChI=1S/C23H17Cl2N3O4S3/c1-32-22(29)21-20(25)18-11-8-16(12-19(18)34-21)27-23(33)26-14-6-9-17(10-7-14)35(30,31)28-15-4-2-13(24)3-5-15/h2-12,28H,1H3,(H2,26,27,33). The highest BCUT2D eigenvalue weighted by Crippen LogP contribution is 2.37. The van der Waals surface area contributed by atoms with Gasteiger partial charge in [0, 0.05) is 32.2 Å². The van der Waals surface area contributed by atoms with Crippen molar-refractivity contribution >= 4 is 95.0 Å². The van der Waals surface area contributed by atoms with Crippen molar-refractivity contribution in [3.8, 4) is 0 Å². The van der Waals surface area contributed by atoms with Gasteiger partial charge in [-0.1, -0.05) is 23.2 Å². The minimum Gasteiger partial charge on any atom is -0.465 e. The van der Waals surface area contributed by atoms with Crippen LogP contribution in [-0.2, 0) is 14.8 Å². The van der Waals surface area contributed by atoms with Crippen molar-refractivity contribution in [3.05, 3.63) is 81.7 Å². The molecule has 0 radical (unpaired) electrons. The van der Waals surface area contributed by atoms with Gasteiger partial charge in [-0.25, -0.2) is 13.2 Å². The predicted molar refractivity (Wildman–Crippen MR) is 147 cm³/mol. The van der Waals surface area contributed by atoms with Gasteiger partial charge in [0.25, 0.3) is 10.0 Å². The molecule has 0 aliphatic rings. The van der Waals surface area contributed by atoms with Gasteiger partial charge in [0.1, 0.15) is 4.88 Å². The molecule has 0 atom stereocenters. The zero-order valence-corrected chi connectivity index (χ0v) is 21.9. The van der Waals surface area contributed by atoms with Crippen LogP contribution in [0.1, 0.15) is 9.67 Å². The van der Waals surface area contributed by atoms with Crippen LogP contribution in [0, 0.1) is 0 Å². The van der Waals surface area contributed by atoms with Crippen molar-refractivity contribution in [2.45, 2.75) is 4.90 Å². The number of methoxy groups -OCH3 is 1. The third-order valence-corrected chi connectivity index (χ3v) is 8.27. The highest BCUT2D eigenvalue weighted by atomic mass is 35.5. The molecule has 4 aromatic rings. The van der Waals surface area contributed by atoms with Crippen LogP contribution < -0.4 is 15.4 Å². The zero-order valence-electron chi connectivity index (χ0n) is 18.0. The molecule has 0 aliphatic carbocycles. The summed E-state index contributed by atoms with van der Waals surface area (Å²) in [5, 5.41) is 7.98. The van der Waals surface area contributed by atoms with E-state index in [0.29, 0.717) is 37.1 Å². The minimum atomic E-state index is -3.76. The first kappa shape index (κ1) is 25.2. The molecule has 0 fully saturated rings. The first-order valence-electron chi connectivity index (χ1n) is 9.93. The highest BCUT2D eigenvalue weighted by Gasteiger charge is 2.18. The number of halogens is 2. The Morgan fingerprint density at radius 2 is 1.51 bits per heavy atom. The van der Waals surface area contributed by atoms with E-state index in [-0.39, 0.29) is 4.90 Å². The van der Waals surface area contributed by atoms with Crippen LogP contribution >= 0.6 is 46.8 Å². The highest BCUT2D eigenvalue weighted by molar-refractivity contribution is 7.92. The van der Waals surface area contributed by atoms with E-state index in [1.165, 1.54) is 30.6 Å². The Bertz CT molecular complexity index is 1520. The fourth-order valence-corrected chi connectivity index (χ4v) is 6.00. The van der Waals surface area contributed by atoms with E-state index in [1.54, 1.807) is 48.5 Å². The Morgan fingerprint density at radius 3 is 2.17 bits per heavy atom. The average molecular weight is 567 g/mol. The van der Waals surface area contributed by atoms with Gasteiger partial charge < -0.3 is 15.4 Å². The number of rotatable bonds is 6. The maximum Gasteiger partial charge on any atom is 0.349 e. The normalized spacial score (nSPS) is 11.2. The lowest BCUT2D eigenvalue weighted by molar-refractivity contribution is 0.0606. The summed E-state index contributed by atoms with van der Waals surface area (Å²) in [4.78, 5) is 12.3. The summed E-state index contributed by atoms with van der Waals surface area (Å²) in [5.41, 5.74) is 1.70. The molecule has 0 amide bonds. The molecule has 0 bridgehead atoms. The number of esters is 1. The number of hydrogen-bond acceptors (Lipinski definition) is 6. The van der Waals surface area contributed by atoms with Crippen LogP contribution in [0.4, 0.5) is 17.1 Å². The number of anilines is 3. The van der Waals surface area contributed by atoms with Crippen molar-refractivity contribution < 1.29 is 17.9 Å². The lowest BCUT2D eigenvalue weighted by Gasteiger charge is -2.12. The number of sulfonamides is 1. The molecule has 0 spiro atoms. The molecule has 1 heterocycles. The summed E-state index contributed by atoms with van der Waals surface area (Å²) in [7, 11) is -2.46. The van der Waals surface area contributed by atoms with E-state index in [9.17, 15) is 13.2 Å². The lowest BCUT2D eigenvalue weighted by atomic mass is 10.2. The molecular formula is C23H17Cl2N3O4S3. The molecule has 0 saturated heterocycles. The van der Waals surface area contributed by atoms with Crippen molar-refractivity contribution in [1.29, 1.82) is 0 Å². The Morgan fingerprint density at radius 1 is 0.914 bits per heavy atom. The van der Waals surface area contributed by atoms with Crippen molar-refractivity contribution in [2.75, 3.05) is 22.5 Å². The van der Waals surface area contributed by atoms with Gasteiger partial charge in [-0.3, -0.25) is 4.72 Å². The molecular weight excluding hydrogens is 549 g/mol. The number of nitrogens with one attached hydrogen (secondary N) is 3. The molecule has 35 heavy (non-hydrogen) atoms. The Labute approximate surface area is 221 Å². The summed E-state index contributed by atoms with van der Waals surface area (Å²) >= 11 is 18.7. The number of carbonyl (C=O) groups excluding carboxylic acids is 1. The summed E-state index contributed by atoms with van der Waals surface area (Å²) in [6.07, 6.45) is 0. The molecule has 7 nitrogen and oxygen atoms in total. The summed E-state index contributed by atoms with van der Waals surface area (Å²) < 4.78 is 33.3. The average Bonchev–Trinajstić information content (AvgIpc) is 3.16. The van der Waals surface area contributed by atoms with E-state index in [0.717, 1.165) is 10.1 Å². The molecule has 0 saturated carbocycles. The maximum absolute atomic E-state index is 12.6. The fraction of sp³-hybridized carbons (Fsp3) is 0.0435. The minimum absolute atomic E-state index is 0.0957. The third kappa shape index (κ3) is 5.85. The van der Waals surface area contributed by atoms with Gasteiger partial charge in [-0.15, -0.1) is 11.3 Å². The van der Waals surface area contributed by atoms with Gasteiger partial charge in [-0.05, 0) is 78.9 Å². The first-order valence-corrected chi connectivity index (χ1v) is 13.4. The van der Waals surface area contributed by atoms with Crippen LogP contribution in [0.2, 0.25) is 10.0 Å². The quantitative estimate of drug-likeness (QED) is 0.179. The van der Waals surface area contributed by atoms with E-state index in [2.05, 4.69) is 15.4 Å².